The second-order valence-corrected chi connectivity index (χ2v) is 11.8. The zero-order valence-electron chi connectivity index (χ0n) is 27.2. The van der Waals surface area contributed by atoms with Gasteiger partial charge in [-0.2, -0.15) is 0 Å². The molecule has 0 bridgehead atoms. The molecular formula is C34H51NO11. The highest BCUT2D eigenvalue weighted by Gasteiger charge is 2.40. The predicted octanol–water partition coefficient (Wildman–Crippen LogP) is 5.93. The van der Waals surface area contributed by atoms with Gasteiger partial charge in [-0.05, 0) is 81.4 Å². The Kier molecular flexibility index (Phi) is 18.6. The average Bonchev–Trinajstić information content (AvgIpc) is 3.30. The molecule has 0 amide bonds. The summed E-state index contributed by atoms with van der Waals surface area (Å²) in [6.45, 7) is 2.15. The van der Waals surface area contributed by atoms with E-state index in [4.69, 9.17) is 14.2 Å². The topological polar surface area (TPSA) is 172 Å². The number of carbonyl (C=O) groups excluding carboxylic acids is 3. The lowest BCUT2D eigenvalue weighted by atomic mass is 9.86. The average molecular weight is 650 g/mol. The lowest BCUT2D eigenvalue weighted by Gasteiger charge is -2.22. The number of ether oxygens (including phenoxy) is 3. The van der Waals surface area contributed by atoms with Crippen LogP contribution in [0.25, 0.3) is 0 Å². The van der Waals surface area contributed by atoms with Crippen molar-refractivity contribution in [2.24, 2.45) is 11.8 Å². The first kappa shape index (κ1) is 38.7. The third-order valence-corrected chi connectivity index (χ3v) is 8.26. The number of carbonyl (C=O) groups is 3. The Morgan fingerprint density at radius 1 is 0.913 bits per heavy atom. The van der Waals surface area contributed by atoms with Crippen LogP contribution in [-0.2, 0) is 19.2 Å². The van der Waals surface area contributed by atoms with E-state index in [1.54, 1.807) is 0 Å². The number of ketones is 1. The number of methoxy groups -OCH3 is 1. The molecule has 46 heavy (non-hydrogen) atoms. The fourth-order valence-corrected chi connectivity index (χ4v) is 5.66. The third-order valence-electron chi connectivity index (χ3n) is 8.26. The quantitative estimate of drug-likeness (QED) is 0.0339. The summed E-state index contributed by atoms with van der Waals surface area (Å²) in [5.41, 5.74) is 0.204. The number of unbranched alkanes of at least 4 members (excludes halogenated alkanes) is 6. The fraction of sp³-hybridized carbons (Fsp3) is 0.676. The molecule has 1 aromatic rings. The van der Waals surface area contributed by atoms with E-state index in [0.717, 1.165) is 19.3 Å². The van der Waals surface area contributed by atoms with E-state index >= 15 is 0 Å². The summed E-state index contributed by atoms with van der Waals surface area (Å²) in [6.07, 6.45) is 12.9. The lowest BCUT2D eigenvalue weighted by molar-refractivity contribution is -0.757. The number of esters is 2. The van der Waals surface area contributed by atoms with Crippen LogP contribution in [0.5, 0.6) is 11.5 Å². The van der Waals surface area contributed by atoms with Crippen molar-refractivity contribution < 1.29 is 48.7 Å². The summed E-state index contributed by atoms with van der Waals surface area (Å²) in [6, 6.07) is 4.32. The van der Waals surface area contributed by atoms with Gasteiger partial charge in [0, 0.05) is 19.3 Å². The first-order valence-electron chi connectivity index (χ1n) is 16.5. The lowest BCUT2D eigenvalue weighted by Crippen LogP contribution is -2.22. The first-order chi connectivity index (χ1) is 22.2. The molecule has 0 spiro atoms. The maximum absolute atomic E-state index is 12.4. The van der Waals surface area contributed by atoms with Crippen molar-refractivity contribution in [1.82, 2.24) is 0 Å². The number of aliphatic hydroxyl groups excluding tert-OH is 2. The number of Topliss-reactive ketones (excluding diaryl/α,β-unsaturated/α-hetero) is 1. The van der Waals surface area contributed by atoms with E-state index in [-0.39, 0.29) is 54.3 Å². The van der Waals surface area contributed by atoms with E-state index in [1.165, 1.54) is 38.2 Å². The molecule has 1 saturated carbocycles. The molecule has 0 aliphatic heterocycles. The first-order valence-corrected chi connectivity index (χ1v) is 16.5. The SMILES string of the molecule is CCCCCCCC(=O)CC[C@@H]1[C@@H](C/C=C\CCCC(=O)Oc2ccc(C(=O)OCCCCO[N+](=O)[O-])cc2OC)[C@@H](O)C[C@H]1O. The van der Waals surface area contributed by atoms with Gasteiger partial charge in [-0.1, -0.05) is 44.8 Å². The van der Waals surface area contributed by atoms with Crippen molar-refractivity contribution in [2.75, 3.05) is 20.3 Å². The van der Waals surface area contributed by atoms with Crippen LogP contribution in [-0.4, -0.2) is 65.6 Å². The highest BCUT2D eigenvalue weighted by Crippen LogP contribution is 2.38. The van der Waals surface area contributed by atoms with Crippen molar-refractivity contribution in [3.8, 4) is 11.5 Å². The molecule has 2 N–H and O–H groups in total. The molecule has 0 radical (unpaired) electrons. The van der Waals surface area contributed by atoms with Gasteiger partial charge in [0.1, 0.15) is 5.78 Å². The van der Waals surface area contributed by atoms with Gasteiger partial charge >= 0.3 is 11.9 Å². The number of benzene rings is 1. The summed E-state index contributed by atoms with van der Waals surface area (Å²) in [5.74, 6) is -0.667. The molecule has 1 aliphatic carbocycles. The zero-order chi connectivity index (χ0) is 33.7. The number of rotatable bonds is 24. The van der Waals surface area contributed by atoms with Crippen LogP contribution in [0.2, 0.25) is 0 Å². The van der Waals surface area contributed by atoms with Gasteiger partial charge in [-0.3, -0.25) is 9.59 Å². The molecule has 0 unspecified atom stereocenters. The molecule has 4 atom stereocenters. The second kappa shape index (κ2) is 22.1. The van der Waals surface area contributed by atoms with Gasteiger partial charge < -0.3 is 29.3 Å². The Morgan fingerprint density at radius 2 is 1.65 bits per heavy atom. The number of hydrogen-bond acceptors (Lipinski definition) is 11. The molecule has 12 heteroatoms. The Hall–Kier alpha value is -3.51. The van der Waals surface area contributed by atoms with Crippen molar-refractivity contribution in [2.45, 2.75) is 115 Å². The smallest absolute Gasteiger partial charge is 0.338 e. The molecule has 0 aromatic heterocycles. The van der Waals surface area contributed by atoms with E-state index in [2.05, 4.69) is 11.8 Å². The van der Waals surface area contributed by atoms with Gasteiger partial charge in [0.05, 0.1) is 38.1 Å². The minimum atomic E-state index is -0.874. The minimum Gasteiger partial charge on any atom is -0.493 e. The highest BCUT2D eigenvalue weighted by molar-refractivity contribution is 5.90. The van der Waals surface area contributed by atoms with Crippen LogP contribution >= 0.6 is 0 Å². The number of nitrogens with zero attached hydrogens (tertiary/aromatic N) is 1. The Balaban J connectivity index is 1.71. The van der Waals surface area contributed by atoms with Crippen LogP contribution < -0.4 is 9.47 Å². The van der Waals surface area contributed by atoms with Gasteiger partial charge in [0.15, 0.2) is 11.5 Å². The van der Waals surface area contributed by atoms with Crippen molar-refractivity contribution in [1.29, 1.82) is 0 Å². The molecule has 0 saturated heterocycles. The van der Waals surface area contributed by atoms with E-state index in [0.29, 0.717) is 57.8 Å². The maximum atomic E-state index is 12.4. The molecule has 2 rings (SSSR count). The Morgan fingerprint density at radius 3 is 2.39 bits per heavy atom. The van der Waals surface area contributed by atoms with Crippen LogP contribution in [0, 0.1) is 22.0 Å². The van der Waals surface area contributed by atoms with Gasteiger partial charge in [-0.25, -0.2) is 4.79 Å². The monoisotopic (exact) mass is 649 g/mol. The van der Waals surface area contributed by atoms with E-state index in [1.807, 2.05) is 12.2 Å². The fourth-order valence-electron chi connectivity index (χ4n) is 5.66. The summed E-state index contributed by atoms with van der Waals surface area (Å²) in [5, 5.41) is 30.3. The minimum absolute atomic E-state index is 0.0670. The van der Waals surface area contributed by atoms with Gasteiger partial charge in [-0.15, -0.1) is 10.1 Å². The van der Waals surface area contributed by atoms with Crippen LogP contribution in [0.15, 0.2) is 30.4 Å². The second-order valence-electron chi connectivity index (χ2n) is 11.8. The largest absolute Gasteiger partial charge is 0.493 e. The Labute approximate surface area is 271 Å². The number of aliphatic hydroxyl groups is 2. The summed E-state index contributed by atoms with van der Waals surface area (Å²) in [7, 11) is 1.39. The van der Waals surface area contributed by atoms with E-state index < -0.39 is 29.2 Å². The Bertz CT molecular complexity index is 1120. The maximum Gasteiger partial charge on any atom is 0.338 e. The molecular weight excluding hydrogens is 598 g/mol. The molecule has 0 heterocycles. The molecule has 12 nitrogen and oxygen atoms in total. The summed E-state index contributed by atoms with van der Waals surface area (Å²) >= 11 is 0. The predicted molar refractivity (Wildman–Crippen MR) is 170 cm³/mol. The van der Waals surface area contributed by atoms with Gasteiger partial charge in [0.25, 0.3) is 5.09 Å². The normalized spacial score (nSPS) is 19.2. The summed E-state index contributed by atoms with van der Waals surface area (Å²) in [4.78, 5) is 51.4. The van der Waals surface area contributed by atoms with Crippen molar-refractivity contribution in [3.63, 3.8) is 0 Å². The van der Waals surface area contributed by atoms with Crippen LogP contribution in [0.4, 0.5) is 0 Å². The summed E-state index contributed by atoms with van der Waals surface area (Å²) < 4.78 is 15.9. The van der Waals surface area contributed by atoms with Gasteiger partial charge in [0.2, 0.25) is 0 Å². The molecule has 1 fully saturated rings. The molecule has 1 aromatic carbocycles. The van der Waals surface area contributed by atoms with Crippen LogP contribution in [0.1, 0.15) is 114 Å². The van der Waals surface area contributed by atoms with E-state index in [9.17, 15) is 34.7 Å². The highest BCUT2D eigenvalue weighted by atomic mass is 16.9. The number of hydrogen-bond donors (Lipinski definition) is 2. The third kappa shape index (κ3) is 14.7. The van der Waals surface area contributed by atoms with Crippen molar-refractivity contribution >= 4 is 17.7 Å². The van der Waals surface area contributed by atoms with Crippen LogP contribution in [0.3, 0.4) is 0 Å². The molecule has 258 valence electrons. The standard InChI is InChI=1S/C34H51NO11/c1-3-4-5-6-9-14-26(36)18-19-28-27(29(37)24-30(28)38)15-10-7-8-11-16-33(39)46-31-20-17-25(23-32(31)43-2)34(40)44-21-12-13-22-45-35(41)42/h7,10,17,20,23,27-30,37-38H,3-6,8-9,11-16,18-19,21-22,24H2,1-2H3/b10-7-/t27-,28-,29+,30-/m1/s1. The number of allylic oxidation sites excluding steroid dienone is 2. The van der Waals surface area contributed by atoms with Crippen molar-refractivity contribution in [3.05, 3.63) is 46.0 Å². The zero-order valence-corrected chi connectivity index (χ0v) is 27.2. The molecule has 1 aliphatic rings.